The van der Waals surface area contributed by atoms with Crippen LogP contribution in [0.1, 0.15) is 20.7 Å². The van der Waals surface area contributed by atoms with E-state index in [0.717, 1.165) is 4.90 Å². The molecule has 0 unspecified atom stereocenters. The first kappa shape index (κ1) is 17.9. The second-order valence-corrected chi connectivity index (χ2v) is 7.79. The van der Waals surface area contributed by atoms with E-state index in [1.807, 2.05) is 0 Å². The van der Waals surface area contributed by atoms with Gasteiger partial charge in [0.05, 0.1) is 29.1 Å². The molecule has 0 bridgehead atoms. The maximum atomic E-state index is 12.8. The Kier molecular flexibility index (Phi) is 4.90. The number of anilines is 1. The van der Waals surface area contributed by atoms with Gasteiger partial charge in [0.1, 0.15) is 0 Å². The number of nitrogens with zero attached hydrogens (tertiary/aromatic N) is 2. The molecule has 0 saturated carbocycles. The van der Waals surface area contributed by atoms with Crippen molar-refractivity contribution in [2.75, 3.05) is 23.1 Å². The maximum Gasteiger partial charge on any atom is 0.261 e. The lowest BCUT2D eigenvalue weighted by Gasteiger charge is -2.24. The highest BCUT2D eigenvalue weighted by atomic mass is 32.2. The molecule has 0 aliphatic carbocycles. The zero-order valence-corrected chi connectivity index (χ0v) is 14.9. The fourth-order valence-corrected chi connectivity index (χ4v) is 4.26. The molecule has 0 saturated heterocycles. The van der Waals surface area contributed by atoms with E-state index in [2.05, 4.69) is 6.58 Å². The number of carbonyl (C=O) groups is 2. The van der Waals surface area contributed by atoms with Gasteiger partial charge in [-0.2, -0.15) is 0 Å². The third-order valence-electron chi connectivity index (χ3n) is 4.13. The summed E-state index contributed by atoms with van der Waals surface area (Å²) in [5, 5.41) is 0. The predicted octanol–water partition coefficient (Wildman–Crippen LogP) is 2.31. The zero-order valence-electron chi connectivity index (χ0n) is 14.0. The lowest BCUT2D eigenvalue weighted by molar-refractivity contribution is 0.0664. The van der Waals surface area contributed by atoms with Crippen molar-refractivity contribution in [3.63, 3.8) is 0 Å². The first-order valence-electron chi connectivity index (χ1n) is 8.07. The maximum absolute atomic E-state index is 12.8. The average molecular weight is 370 g/mol. The monoisotopic (exact) mass is 370 g/mol. The van der Waals surface area contributed by atoms with E-state index in [1.54, 1.807) is 54.6 Å². The van der Waals surface area contributed by atoms with Crippen LogP contribution in [-0.4, -0.2) is 44.0 Å². The van der Waals surface area contributed by atoms with Crippen LogP contribution in [-0.2, 0) is 10.0 Å². The number of hydrogen-bond donors (Lipinski definition) is 0. The molecule has 0 radical (unpaired) electrons. The van der Waals surface area contributed by atoms with Gasteiger partial charge in [0, 0.05) is 6.54 Å². The molecule has 6 nitrogen and oxygen atoms in total. The Morgan fingerprint density at radius 3 is 2.00 bits per heavy atom. The van der Waals surface area contributed by atoms with Gasteiger partial charge in [-0.25, -0.2) is 8.42 Å². The molecule has 26 heavy (non-hydrogen) atoms. The third-order valence-corrected chi connectivity index (χ3v) is 5.86. The summed E-state index contributed by atoms with van der Waals surface area (Å²) in [5.41, 5.74) is 1.12. The molecule has 0 spiro atoms. The molecule has 7 heteroatoms. The van der Waals surface area contributed by atoms with Gasteiger partial charge in [0.25, 0.3) is 11.8 Å². The summed E-state index contributed by atoms with van der Waals surface area (Å²) >= 11 is 0. The third kappa shape index (κ3) is 3.25. The van der Waals surface area contributed by atoms with Crippen LogP contribution in [0.2, 0.25) is 0 Å². The highest BCUT2D eigenvalue weighted by Crippen LogP contribution is 2.23. The van der Waals surface area contributed by atoms with Gasteiger partial charge < -0.3 is 0 Å². The molecule has 2 aromatic rings. The van der Waals surface area contributed by atoms with E-state index >= 15 is 0 Å². The largest absolute Gasteiger partial charge is 0.273 e. The molecule has 0 aromatic heterocycles. The van der Waals surface area contributed by atoms with E-state index in [0.29, 0.717) is 16.8 Å². The van der Waals surface area contributed by atoms with Gasteiger partial charge in [0.2, 0.25) is 10.0 Å². The normalized spacial score (nSPS) is 13.6. The Hall–Kier alpha value is -2.93. The molecule has 0 fully saturated rings. The minimum absolute atomic E-state index is 0.106. The quantitative estimate of drug-likeness (QED) is 0.554. The van der Waals surface area contributed by atoms with Crippen LogP contribution in [0.15, 0.2) is 67.3 Å². The molecule has 1 aliphatic heterocycles. The average Bonchev–Trinajstić information content (AvgIpc) is 2.89. The van der Waals surface area contributed by atoms with E-state index in [4.69, 9.17) is 0 Å². The summed E-state index contributed by atoms with van der Waals surface area (Å²) < 4.78 is 26.8. The summed E-state index contributed by atoms with van der Waals surface area (Å²) in [4.78, 5) is 25.7. The molecule has 1 aliphatic rings. The summed E-state index contributed by atoms with van der Waals surface area (Å²) in [6.45, 7) is 3.51. The summed E-state index contributed by atoms with van der Waals surface area (Å²) in [5.74, 6) is -1.28. The summed E-state index contributed by atoms with van der Waals surface area (Å²) in [6.07, 6.45) is 1.49. The number of carbonyl (C=O) groups excluding carboxylic acids is 2. The van der Waals surface area contributed by atoms with Gasteiger partial charge in [0.15, 0.2) is 0 Å². The van der Waals surface area contributed by atoms with Crippen molar-refractivity contribution in [1.29, 1.82) is 0 Å². The van der Waals surface area contributed by atoms with Crippen LogP contribution >= 0.6 is 0 Å². The number of hydrogen-bond acceptors (Lipinski definition) is 4. The minimum Gasteiger partial charge on any atom is -0.273 e. The van der Waals surface area contributed by atoms with E-state index < -0.39 is 21.8 Å². The van der Waals surface area contributed by atoms with Gasteiger partial charge in [-0.3, -0.25) is 18.8 Å². The Bertz CT molecular complexity index is 920. The van der Waals surface area contributed by atoms with Crippen LogP contribution in [0.4, 0.5) is 5.69 Å². The summed E-state index contributed by atoms with van der Waals surface area (Å²) in [7, 11) is -3.74. The number of amides is 2. The zero-order chi connectivity index (χ0) is 18.7. The molecule has 2 amide bonds. The molecule has 2 aromatic carbocycles. The van der Waals surface area contributed by atoms with Crippen molar-refractivity contribution in [1.82, 2.24) is 4.90 Å². The van der Waals surface area contributed by atoms with Crippen molar-refractivity contribution in [3.05, 3.63) is 78.4 Å². The van der Waals surface area contributed by atoms with Gasteiger partial charge >= 0.3 is 0 Å². The fourth-order valence-electron chi connectivity index (χ4n) is 2.85. The number of para-hydroxylation sites is 1. The van der Waals surface area contributed by atoms with E-state index in [1.165, 1.54) is 10.4 Å². The Morgan fingerprint density at radius 2 is 1.46 bits per heavy atom. The van der Waals surface area contributed by atoms with Crippen LogP contribution in [0, 0.1) is 0 Å². The topological polar surface area (TPSA) is 74.8 Å². The highest BCUT2D eigenvalue weighted by molar-refractivity contribution is 7.92. The first-order chi connectivity index (χ1) is 12.5. The number of sulfonamides is 1. The second-order valence-electron chi connectivity index (χ2n) is 5.78. The van der Waals surface area contributed by atoms with Gasteiger partial charge in [-0.1, -0.05) is 36.4 Å². The van der Waals surface area contributed by atoms with Crippen LogP contribution in [0.5, 0.6) is 0 Å². The SMILES string of the molecule is C=CCN(c1ccccc1)S(=O)(=O)CCN1C(=O)c2ccccc2C1=O. The van der Waals surface area contributed by atoms with Crippen molar-refractivity contribution in [3.8, 4) is 0 Å². The van der Waals surface area contributed by atoms with Crippen molar-refractivity contribution >= 4 is 27.5 Å². The number of imide groups is 1. The lowest BCUT2D eigenvalue weighted by atomic mass is 10.1. The second kappa shape index (κ2) is 7.13. The van der Waals surface area contributed by atoms with Gasteiger partial charge in [-0.15, -0.1) is 6.58 Å². The lowest BCUT2D eigenvalue weighted by Crippen LogP contribution is -2.40. The van der Waals surface area contributed by atoms with Crippen molar-refractivity contribution in [2.24, 2.45) is 0 Å². The first-order valence-corrected chi connectivity index (χ1v) is 9.68. The molecular formula is C19H18N2O4S. The standard InChI is InChI=1S/C19H18N2O4S/c1-2-12-21(15-8-4-3-5-9-15)26(24,25)14-13-20-18(22)16-10-6-7-11-17(16)19(20)23/h2-11H,1,12-14H2. The molecule has 0 atom stereocenters. The highest BCUT2D eigenvalue weighted by Gasteiger charge is 2.36. The Labute approximate surface area is 152 Å². The molecule has 3 rings (SSSR count). The van der Waals surface area contributed by atoms with Crippen LogP contribution in [0.3, 0.4) is 0 Å². The number of benzene rings is 2. The van der Waals surface area contributed by atoms with Crippen LogP contribution < -0.4 is 4.31 Å². The fraction of sp³-hybridized carbons (Fsp3) is 0.158. The molecule has 1 heterocycles. The Balaban J connectivity index is 1.79. The minimum atomic E-state index is -3.74. The molecule has 0 N–H and O–H groups in total. The molecule has 134 valence electrons. The summed E-state index contributed by atoms with van der Waals surface area (Å²) in [6, 6.07) is 15.1. The van der Waals surface area contributed by atoms with Crippen molar-refractivity contribution in [2.45, 2.75) is 0 Å². The predicted molar refractivity (Wildman–Crippen MR) is 99.6 cm³/mol. The Morgan fingerprint density at radius 1 is 0.923 bits per heavy atom. The van der Waals surface area contributed by atoms with E-state index in [9.17, 15) is 18.0 Å². The molecular weight excluding hydrogens is 352 g/mol. The van der Waals surface area contributed by atoms with Crippen LogP contribution in [0.25, 0.3) is 0 Å². The number of fused-ring (bicyclic) bond motifs is 1. The smallest absolute Gasteiger partial charge is 0.261 e. The van der Waals surface area contributed by atoms with E-state index in [-0.39, 0.29) is 18.8 Å². The van der Waals surface area contributed by atoms with Gasteiger partial charge in [-0.05, 0) is 24.3 Å². The van der Waals surface area contributed by atoms with Crippen molar-refractivity contribution < 1.29 is 18.0 Å². The number of rotatable bonds is 7.